The number of carbonyl (C=O) groups is 3. The highest BCUT2D eigenvalue weighted by Gasteiger charge is 2.42. The van der Waals surface area contributed by atoms with Gasteiger partial charge in [0.15, 0.2) is 0 Å². The average molecular weight is 285 g/mol. The molecular formula is C14H23NO5. The monoisotopic (exact) mass is 285 g/mol. The number of hydrogen-bond acceptors (Lipinski definition) is 3. The van der Waals surface area contributed by atoms with Crippen LogP contribution in [0.5, 0.6) is 0 Å². The van der Waals surface area contributed by atoms with Crippen LogP contribution in [0, 0.1) is 23.7 Å². The maximum absolute atomic E-state index is 12.2. The van der Waals surface area contributed by atoms with Crippen molar-refractivity contribution < 1.29 is 24.6 Å². The van der Waals surface area contributed by atoms with Crippen LogP contribution in [0.4, 0.5) is 0 Å². The first-order valence-corrected chi connectivity index (χ1v) is 6.98. The number of nitrogens with one attached hydrogen (secondary N) is 1. The minimum atomic E-state index is -1.08. The predicted molar refractivity (Wildman–Crippen MR) is 72.0 cm³/mol. The Bertz CT molecular complexity index is 393. The molecule has 0 saturated heterocycles. The molecule has 6 nitrogen and oxygen atoms in total. The van der Waals surface area contributed by atoms with E-state index in [1.807, 2.05) is 20.8 Å². The van der Waals surface area contributed by atoms with Crippen molar-refractivity contribution in [2.24, 2.45) is 23.7 Å². The van der Waals surface area contributed by atoms with Gasteiger partial charge in [0, 0.05) is 0 Å². The summed E-state index contributed by atoms with van der Waals surface area (Å²) in [4.78, 5) is 34.5. The van der Waals surface area contributed by atoms with Crippen LogP contribution in [-0.2, 0) is 14.4 Å². The Morgan fingerprint density at radius 2 is 1.70 bits per heavy atom. The molecule has 0 heterocycles. The molecule has 1 aliphatic rings. The van der Waals surface area contributed by atoms with Crippen LogP contribution in [0.3, 0.4) is 0 Å². The molecule has 1 fully saturated rings. The number of hydrogen-bond donors (Lipinski definition) is 3. The summed E-state index contributed by atoms with van der Waals surface area (Å²) in [6.45, 7) is 5.66. The van der Waals surface area contributed by atoms with E-state index in [1.165, 1.54) is 0 Å². The minimum Gasteiger partial charge on any atom is -0.481 e. The number of aliphatic carboxylic acids is 2. The SMILES string of the molecule is CC(C)CC(NC(=O)C1CC(C)CC1C(=O)O)C(=O)O. The van der Waals surface area contributed by atoms with Crippen LogP contribution in [0.2, 0.25) is 0 Å². The van der Waals surface area contributed by atoms with Gasteiger partial charge in [-0.15, -0.1) is 0 Å². The van der Waals surface area contributed by atoms with Crippen LogP contribution >= 0.6 is 0 Å². The molecule has 6 heteroatoms. The molecule has 114 valence electrons. The standard InChI is InChI=1S/C14H23NO5/c1-7(2)4-11(14(19)20)15-12(16)9-5-8(3)6-10(9)13(17)18/h7-11H,4-6H2,1-3H3,(H,15,16)(H,17,18)(H,19,20). The van der Waals surface area contributed by atoms with E-state index in [1.54, 1.807) is 0 Å². The zero-order valence-corrected chi connectivity index (χ0v) is 12.1. The second kappa shape index (κ2) is 6.72. The van der Waals surface area contributed by atoms with Crippen LogP contribution in [0.25, 0.3) is 0 Å². The molecule has 1 amide bonds. The van der Waals surface area contributed by atoms with Crippen molar-refractivity contribution in [3.8, 4) is 0 Å². The molecule has 1 aliphatic carbocycles. The van der Waals surface area contributed by atoms with E-state index < -0.39 is 35.7 Å². The summed E-state index contributed by atoms with van der Waals surface area (Å²) in [7, 11) is 0. The second-order valence-electron chi connectivity index (χ2n) is 6.16. The lowest BCUT2D eigenvalue weighted by molar-refractivity contribution is -0.147. The first-order valence-electron chi connectivity index (χ1n) is 6.98. The molecule has 0 bridgehead atoms. The van der Waals surface area contributed by atoms with Gasteiger partial charge >= 0.3 is 11.9 Å². The molecule has 4 atom stereocenters. The van der Waals surface area contributed by atoms with E-state index in [9.17, 15) is 14.4 Å². The molecular weight excluding hydrogens is 262 g/mol. The number of carboxylic acid groups (broad SMARTS) is 2. The van der Waals surface area contributed by atoms with Crippen LogP contribution in [0.1, 0.15) is 40.0 Å². The van der Waals surface area contributed by atoms with Crippen molar-refractivity contribution in [3.63, 3.8) is 0 Å². The normalized spacial score (nSPS) is 27.3. The molecule has 3 N–H and O–H groups in total. The summed E-state index contributed by atoms with van der Waals surface area (Å²) in [5.41, 5.74) is 0. The maximum Gasteiger partial charge on any atom is 0.326 e. The summed E-state index contributed by atoms with van der Waals surface area (Å²) in [5, 5.41) is 20.7. The third-order valence-corrected chi connectivity index (χ3v) is 3.77. The molecule has 0 aliphatic heterocycles. The lowest BCUT2D eigenvalue weighted by Crippen LogP contribution is -2.45. The summed E-state index contributed by atoms with van der Waals surface area (Å²) in [6, 6.07) is -0.951. The largest absolute Gasteiger partial charge is 0.481 e. The third-order valence-electron chi connectivity index (χ3n) is 3.77. The average Bonchev–Trinajstić information content (AvgIpc) is 2.69. The molecule has 0 aromatic carbocycles. The molecule has 4 unspecified atom stereocenters. The fraction of sp³-hybridized carbons (Fsp3) is 0.786. The molecule has 20 heavy (non-hydrogen) atoms. The van der Waals surface area contributed by atoms with Crippen molar-refractivity contribution in [3.05, 3.63) is 0 Å². The van der Waals surface area contributed by atoms with E-state index in [2.05, 4.69) is 5.32 Å². The Hall–Kier alpha value is -1.59. The van der Waals surface area contributed by atoms with Gasteiger partial charge < -0.3 is 15.5 Å². The highest BCUT2D eigenvalue weighted by molar-refractivity contribution is 5.88. The smallest absolute Gasteiger partial charge is 0.326 e. The minimum absolute atomic E-state index is 0.133. The number of carbonyl (C=O) groups excluding carboxylic acids is 1. The van der Waals surface area contributed by atoms with Crippen molar-refractivity contribution in [1.29, 1.82) is 0 Å². The van der Waals surface area contributed by atoms with E-state index in [0.717, 1.165) is 0 Å². The van der Waals surface area contributed by atoms with Crippen molar-refractivity contribution >= 4 is 17.8 Å². The van der Waals surface area contributed by atoms with Crippen LogP contribution in [-0.4, -0.2) is 34.1 Å². The quantitative estimate of drug-likeness (QED) is 0.683. The number of rotatable bonds is 6. The molecule has 1 rings (SSSR count). The topological polar surface area (TPSA) is 104 Å². The zero-order chi connectivity index (χ0) is 15.4. The summed E-state index contributed by atoms with van der Waals surface area (Å²) in [5.74, 6) is -3.55. The Morgan fingerprint density at radius 3 is 2.15 bits per heavy atom. The fourth-order valence-corrected chi connectivity index (χ4v) is 2.83. The van der Waals surface area contributed by atoms with Gasteiger partial charge in [-0.05, 0) is 31.1 Å². The summed E-state index contributed by atoms with van der Waals surface area (Å²) < 4.78 is 0. The van der Waals surface area contributed by atoms with Gasteiger partial charge in [-0.25, -0.2) is 4.79 Å². The number of carboxylic acids is 2. The predicted octanol–water partition coefficient (Wildman–Crippen LogP) is 1.35. The summed E-state index contributed by atoms with van der Waals surface area (Å²) >= 11 is 0. The van der Waals surface area contributed by atoms with Crippen LogP contribution < -0.4 is 5.32 Å². The highest BCUT2D eigenvalue weighted by atomic mass is 16.4. The molecule has 0 radical (unpaired) electrons. The van der Waals surface area contributed by atoms with Crippen LogP contribution in [0.15, 0.2) is 0 Å². The summed E-state index contributed by atoms with van der Waals surface area (Å²) in [6.07, 6.45) is 1.30. The molecule has 0 aromatic heterocycles. The first-order chi connectivity index (χ1) is 9.22. The van der Waals surface area contributed by atoms with Gasteiger partial charge in [-0.1, -0.05) is 20.8 Å². The lowest BCUT2D eigenvalue weighted by Gasteiger charge is -2.21. The maximum atomic E-state index is 12.2. The second-order valence-corrected chi connectivity index (χ2v) is 6.16. The fourth-order valence-electron chi connectivity index (χ4n) is 2.83. The van der Waals surface area contributed by atoms with Gasteiger partial charge in [-0.2, -0.15) is 0 Å². The first kappa shape index (κ1) is 16.5. The Labute approximate surface area is 118 Å². The van der Waals surface area contributed by atoms with E-state index in [-0.39, 0.29) is 11.8 Å². The third kappa shape index (κ3) is 4.21. The molecule has 0 aromatic rings. The molecule has 1 saturated carbocycles. The van der Waals surface area contributed by atoms with Gasteiger partial charge in [0.05, 0.1) is 11.8 Å². The van der Waals surface area contributed by atoms with Gasteiger partial charge in [0.25, 0.3) is 0 Å². The van der Waals surface area contributed by atoms with E-state index >= 15 is 0 Å². The highest BCUT2D eigenvalue weighted by Crippen LogP contribution is 2.36. The Balaban J connectivity index is 2.72. The van der Waals surface area contributed by atoms with Gasteiger partial charge in [-0.3, -0.25) is 9.59 Å². The Kier molecular flexibility index (Phi) is 5.53. The lowest BCUT2D eigenvalue weighted by atomic mass is 9.94. The van der Waals surface area contributed by atoms with Crippen molar-refractivity contribution in [2.45, 2.75) is 46.1 Å². The van der Waals surface area contributed by atoms with E-state index in [4.69, 9.17) is 10.2 Å². The van der Waals surface area contributed by atoms with Crippen molar-refractivity contribution in [2.75, 3.05) is 0 Å². The molecule has 0 spiro atoms. The number of amides is 1. The van der Waals surface area contributed by atoms with Gasteiger partial charge in [0.2, 0.25) is 5.91 Å². The zero-order valence-electron chi connectivity index (χ0n) is 12.1. The van der Waals surface area contributed by atoms with Crippen molar-refractivity contribution in [1.82, 2.24) is 5.32 Å². The van der Waals surface area contributed by atoms with Gasteiger partial charge in [0.1, 0.15) is 6.04 Å². The van der Waals surface area contributed by atoms with E-state index in [0.29, 0.717) is 19.3 Å². The Morgan fingerprint density at radius 1 is 1.15 bits per heavy atom.